The standard InChI is InChI=1S/C25H28N6O4.C24H26N6O4.C23H26N6O2/c1-30-15-17(13-28-30)24-14-27-22-6-5-18(11-23(22)29-24)31(16-25(32)26-7-8-33-2)19-9-20(34-3)12-21(10-19)35-4;1-29-14-16(12-27-29)23-13-26-21-5-4-17(10-22(21)28-23)30(15-24(32)25-6-7-31)18-8-19(33-2)11-20(9-18)34-3;1-28-15-16(13-26-28)23-14-25-21-6-5-17(11-22(21)27-23)29(8-4-7-24)18-9-19(30-2)12-20(10-18)31-3/h5-6,9-15H,7-8,16H2,1-4H3,(H,26,32);4-5,8-14,31H,6-7,15H2,1-3H3,(H,25,32);5-6,9-15H,4,7-8,24H2,1-3H3. The number of anilines is 6. The second kappa shape index (κ2) is 33.8. The van der Waals surface area contributed by atoms with Crippen LogP contribution >= 0.6 is 0 Å². The van der Waals surface area contributed by atoms with Crippen LogP contribution in [0.25, 0.3) is 66.9 Å². The van der Waals surface area contributed by atoms with E-state index in [1.165, 1.54) is 0 Å². The van der Waals surface area contributed by atoms with Gasteiger partial charge in [0.2, 0.25) is 11.8 Å². The molecule has 28 heteroatoms. The molecule has 0 radical (unpaired) electrons. The zero-order chi connectivity index (χ0) is 70.7. The topological polar surface area (TPSA) is 310 Å². The predicted octanol–water partition coefficient (Wildman–Crippen LogP) is 8.78. The highest BCUT2D eigenvalue weighted by molar-refractivity contribution is 5.90. The number of nitrogens with two attached hydrogens (primary N) is 1. The molecule has 6 aromatic heterocycles. The van der Waals surface area contributed by atoms with E-state index in [0.29, 0.717) is 65.1 Å². The number of aliphatic hydroxyl groups is 1. The molecular formula is C72H80N18O10. The number of ether oxygens (including phenoxy) is 7. The summed E-state index contributed by atoms with van der Waals surface area (Å²) in [6.45, 7) is 2.31. The minimum atomic E-state index is -0.244. The quantitative estimate of drug-likeness (QED) is 0.0349. The Hall–Kier alpha value is -12.0. The van der Waals surface area contributed by atoms with Crippen LogP contribution in [0.2, 0.25) is 0 Å². The summed E-state index contributed by atoms with van der Waals surface area (Å²) in [6, 6.07) is 34.1. The summed E-state index contributed by atoms with van der Waals surface area (Å²) < 4.78 is 42.9. The van der Waals surface area contributed by atoms with Gasteiger partial charge in [0.15, 0.2) is 0 Å². The Morgan fingerprint density at radius 3 is 1.06 bits per heavy atom. The van der Waals surface area contributed by atoms with Crippen LogP contribution in [0.3, 0.4) is 0 Å². The number of hydrogen-bond donors (Lipinski definition) is 4. The van der Waals surface area contributed by atoms with Gasteiger partial charge in [-0.1, -0.05) is 0 Å². The number of fused-ring (bicyclic) bond motifs is 3. The van der Waals surface area contributed by atoms with Crippen LogP contribution in [-0.2, 0) is 35.5 Å². The van der Waals surface area contributed by atoms with Crippen LogP contribution in [0.4, 0.5) is 34.1 Å². The minimum absolute atomic E-state index is 0.0115. The van der Waals surface area contributed by atoms with Crippen LogP contribution in [-0.4, -0.2) is 178 Å². The second-order valence-corrected chi connectivity index (χ2v) is 22.6. The predicted molar refractivity (Wildman–Crippen MR) is 384 cm³/mol. The van der Waals surface area contributed by atoms with Gasteiger partial charge >= 0.3 is 0 Å². The summed E-state index contributed by atoms with van der Waals surface area (Å²) in [6.07, 6.45) is 17.0. The minimum Gasteiger partial charge on any atom is -0.497 e. The van der Waals surface area contributed by atoms with Crippen molar-refractivity contribution in [3.63, 3.8) is 0 Å². The number of aromatic nitrogens is 12. The third-order valence-corrected chi connectivity index (χ3v) is 15.7. The highest BCUT2D eigenvalue weighted by Crippen LogP contribution is 2.38. The molecule has 0 aliphatic rings. The van der Waals surface area contributed by atoms with Gasteiger partial charge in [-0.05, 0) is 67.6 Å². The summed E-state index contributed by atoms with van der Waals surface area (Å²) in [5.74, 6) is 3.47. The molecule has 28 nitrogen and oxygen atoms in total. The number of nitrogens with zero attached hydrogens (tertiary/aromatic N) is 15. The number of carbonyl (C=O) groups is 2. The molecule has 0 saturated heterocycles. The molecule has 0 atom stereocenters. The number of aliphatic hydroxyl groups excluding tert-OH is 1. The number of nitrogens with one attached hydrogen (secondary N) is 2. The van der Waals surface area contributed by atoms with Crippen molar-refractivity contribution in [3.8, 4) is 68.3 Å². The van der Waals surface area contributed by atoms with Gasteiger partial charge < -0.3 is 69.3 Å². The normalized spacial score (nSPS) is 10.9. The Balaban J connectivity index is 0.000000162. The molecule has 0 aliphatic heterocycles. The van der Waals surface area contributed by atoms with Crippen molar-refractivity contribution in [2.45, 2.75) is 6.42 Å². The summed E-state index contributed by atoms with van der Waals surface area (Å²) >= 11 is 0. The molecule has 518 valence electrons. The molecule has 0 aliphatic carbocycles. The highest BCUT2D eigenvalue weighted by atomic mass is 16.5. The van der Waals surface area contributed by atoms with Gasteiger partial charge in [-0.25, -0.2) is 15.0 Å². The van der Waals surface area contributed by atoms with Crippen molar-refractivity contribution in [1.29, 1.82) is 0 Å². The highest BCUT2D eigenvalue weighted by Gasteiger charge is 2.21. The number of aryl methyl sites for hydroxylation is 3. The Kier molecular flexibility index (Phi) is 23.9. The molecule has 6 aromatic carbocycles. The van der Waals surface area contributed by atoms with E-state index in [-0.39, 0.29) is 38.1 Å². The number of rotatable bonds is 27. The molecule has 0 fully saturated rings. The van der Waals surface area contributed by atoms with E-state index in [2.05, 4.69) is 45.8 Å². The average Bonchev–Trinajstić information content (AvgIpc) is 1.000. The molecule has 2 amide bonds. The summed E-state index contributed by atoms with van der Waals surface area (Å²) in [4.78, 5) is 59.3. The molecule has 0 spiro atoms. The van der Waals surface area contributed by atoms with Gasteiger partial charge in [-0.15, -0.1) is 0 Å². The Labute approximate surface area is 577 Å². The summed E-state index contributed by atoms with van der Waals surface area (Å²) in [5.41, 5.74) is 20.1. The van der Waals surface area contributed by atoms with Gasteiger partial charge in [0.05, 0.1) is 143 Å². The first-order valence-corrected chi connectivity index (χ1v) is 31.7. The summed E-state index contributed by atoms with van der Waals surface area (Å²) in [7, 11) is 16.8. The van der Waals surface area contributed by atoms with E-state index in [0.717, 1.165) is 103 Å². The maximum Gasteiger partial charge on any atom is 0.240 e. The maximum atomic E-state index is 12.8. The first-order valence-electron chi connectivity index (χ1n) is 31.7. The maximum absolute atomic E-state index is 12.8. The van der Waals surface area contributed by atoms with E-state index in [1.807, 2.05) is 147 Å². The van der Waals surface area contributed by atoms with Gasteiger partial charge in [-0.3, -0.25) is 38.6 Å². The summed E-state index contributed by atoms with van der Waals surface area (Å²) in [5, 5.41) is 27.3. The van der Waals surface area contributed by atoms with E-state index in [4.69, 9.17) is 59.0 Å². The molecule has 0 unspecified atom stereocenters. The largest absolute Gasteiger partial charge is 0.497 e. The monoisotopic (exact) mass is 1360 g/mol. The fourth-order valence-corrected chi connectivity index (χ4v) is 10.6. The van der Waals surface area contributed by atoms with E-state index < -0.39 is 0 Å². The van der Waals surface area contributed by atoms with Crippen LogP contribution < -0.4 is 59.5 Å². The second-order valence-electron chi connectivity index (χ2n) is 22.6. The fraction of sp³-hybridized carbons (Fsp3) is 0.264. The Morgan fingerprint density at radius 1 is 0.430 bits per heavy atom. The van der Waals surface area contributed by atoms with Gasteiger partial charge in [0.25, 0.3) is 0 Å². The lowest BCUT2D eigenvalue weighted by molar-refractivity contribution is -0.120. The van der Waals surface area contributed by atoms with Crippen molar-refractivity contribution in [2.75, 3.05) is 117 Å². The van der Waals surface area contributed by atoms with Crippen molar-refractivity contribution in [3.05, 3.63) is 165 Å². The average molecular weight is 1360 g/mol. The number of benzene rings is 6. The lowest BCUT2D eigenvalue weighted by Gasteiger charge is -2.26. The molecular weight excluding hydrogens is 1280 g/mol. The van der Waals surface area contributed by atoms with Crippen LogP contribution in [0.5, 0.6) is 34.5 Å². The van der Waals surface area contributed by atoms with Crippen molar-refractivity contribution < 1.29 is 47.9 Å². The molecule has 5 N–H and O–H groups in total. The van der Waals surface area contributed by atoms with Gasteiger partial charge in [-0.2, -0.15) is 15.3 Å². The molecule has 0 saturated carbocycles. The van der Waals surface area contributed by atoms with Gasteiger partial charge in [0.1, 0.15) is 47.6 Å². The molecule has 12 rings (SSSR count). The SMILES string of the molecule is COCCNC(=O)CN(c1cc(OC)cc(OC)c1)c1ccc2ncc(-c3cnn(C)c3)nc2c1.COc1cc(OC)cc(N(CC(=O)NCCO)c2ccc3ncc(-c4cnn(C)c4)nc3c2)c1.COc1cc(OC)cc(N(CCCN)c2ccc3ncc(-c4cnn(C)c4)nc3c2)c1. The molecule has 100 heavy (non-hydrogen) atoms. The first-order chi connectivity index (χ1) is 48.6. The molecule has 6 heterocycles. The first kappa shape index (κ1) is 70.8. The van der Waals surface area contributed by atoms with Gasteiger partial charge in [0, 0.05) is 172 Å². The zero-order valence-corrected chi connectivity index (χ0v) is 57.4. The Morgan fingerprint density at radius 2 is 0.760 bits per heavy atom. The number of amides is 2. The molecule has 12 aromatic rings. The van der Waals surface area contributed by atoms with Crippen LogP contribution in [0, 0.1) is 0 Å². The third kappa shape index (κ3) is 18.0. The lowest BCUT2D eigenvalue weighted by Crippen LogP contribution is -2.36. The zero-order valence-electron chi connectivity index (χ0n) is 57.4. The van der Waals surface area contributed by atoms with E-state index >= 15 is 0 Å². The van der Waals surface area contributed by atoms with Crippen molar-refractivity contribution in [2.24, 2.45) is 26.9 Å². The third-order valence-electron chi connectivity index (χ3n) is 15.7. The van der Waals surface area contributed by atoms with E-state index in [1.54, 1.807) is 113 Å². The number of hydrogen-bond acceptors (Lipinski definition) is 23. The fourth-order valence-electron chi connectivity index (χ4n) is 10.6. The number of methoxy groups -OCH3 is 7. The van der Waals surface area contributed by atoms with Crippen LogP contribution in [0.15, 0.2) is 165 Å². The lowest BCUT2D eigenvalue weighted by atomic mass is 10.1. The van der Waals surface area contributed by atoms with Crippen molar-refractivity contribution >= 4 is 79.0 Å². The Bertz CT molecular complexity index is 4690. The van der Waals surface area contributed by atoms with Crippen LogP contribution in [0.1, 0.15) is 6.42 Å². The smallest absolute Gasteiger partial charge is 0.240 e. The van der Waals surface area contributed by atoms with Crippen molar-refractivity contribution in [1.82, 2.24) is 69.9 Å². The van der Waals surface area contributed by atoms with E-state index in [9.17, 15) is 9.59 Å². The number of carbonyl (C=O) groups excluding carboxylic acids is 2. The molecule has 0 bridgehead atoms.